The number of Topliss-reactive ketones (excluding diaryl/α,β-unsaturated/α-hetero) is 7. The molecule has 8 amide bonds. The van der Waals surface area contributed by atoms with Gasteiger partial charge < -0.3 is 63.9 Å². The lowest BCUT2D eigenvalue weighted by atomic mass is 9.71. The number of ketones is 7. The number of hydrogen-bond donors (Lipinski definition) is 4. The summed E-state index contributed by atoms with van der Waals surface area (Å²) in [6.07, 6.45) is 0.186. The second-order valence-electron chi connectivity index (χ2n) is 22.4. The minimum Gasteiger partial charge on any atom is -0.379 e. The largest absolute Gasteiger partial charge is 0.379 e. The summed E-state index contributed by atoms with van der Waals surface area (Å²) in [6, 6.07) is 5.45. The van der Waals surface area contributed by atoms with E-state index < -0.39 is 99.8 Å². The van der Waals surface area contributed by atoms with Crippen molar-refractivity contribution in [3.05, 3.63) is 29.8 Å². The number of likely N-dealkylation sites (tertiary alicyclic amines) is 2. The second kappa shape index (κ2) is 43.9. The van der Waals surface area contributed by atoms with Gasteiger partial charge in [-0.2, -0.15) is 0 Å². The Hall–Kier alpha value is -6.94. The molecule has 3 rings (SSSR count). The zero-order chi connectivity index (χ0) is 69.6. The van der Waals surface area contributed by atoms with Gasteiger partial charge in [0.1, 0.15) is 36.6 Å². The molecule has 0 aromatic heterocycles. The first-order valence-electron chi connectivity index (χ1n) is 31.1. The van der Waals surface area contributed by atoms with Crippen LogP contribution in [0.2, 0.25) is 0 Å². The first-order chi connectivity index (χ1) is 44.7. The van der Waals surface area contributed by atoms with Crippen LogP contribution in [0.4, 0.5) is 5.69 Å². The summed E-state index contributed by atoms with van der Waals surface area (Å²) in [4.78, 5) is 190. The smallest absolute Gasteiger partial charge is 0.250 e. The fourth-order valence-corrected chi connectivity index (χ4v) is 10.8. The summed E-state index contributed by atoms with van der Waals surface area (Å²) in [5.74, 6) is -9.46. The lowest BCUT2D eigenvalue weighted by Crippen LogP contribution is -2.50. The van der Waals surface area contributed by atoms with E-state index in [4.69, 9.17) is 42.6 Å². The summed E-state index contributed by atoms with van der Waals surface area (Å²) in [7, 11) is 0. The minimum atomic E-state index is -2.32. The number of nitrogens with one attached hydrogen (secondary N) is 4. The van der Waals surface area contributed by atoms with Gasteiger partial charge in [0.2, 0.25) is 52.7 Å². The number of ether oxygens (including phenoxy) is 9. The van der Waals surface area contributed by atoms with E-state index in [-0.39, 0.29) is 194 Å². The molecule has 4 N–H and O–H groups in total. The van der Waals surface area contributed by atoms with E-state index in [9.17, 15) is 71.9 Å². The van der Waals surface area contributed by atoms with Crippen molar-refractivity contribution in [3.63, 3.8) is 0 Å². The van der Waals surface area contributed by atoms with Crippen molar-refractivity contribution in [2.24, 2.45) is 16.7 Å². The highest BCUT2D eigenvalue weighted by Gasteiger charge is 2.51. The zero-order valence-electron chi connectivity index (χ0n) is 54.9. The Labute approximate surface area is 552 Å². The molecule has 2 aliphatic rings. The van der Waals surface area contributed by atoms with Crippen LogP contribution in [0.1, 0.15) is 94.0 Å². The predicted molar refractivity (Wildman–Crippen MR) is 337 cm³/mol. The molecule has 0 aliphatic carbocycles. The van der Waals surface area contributed by atoms with Crippen LogP contribution in [0.3, 0.4) is 0 Å². The van der Waals surface area contributed by atoms with E-state index in [1.807, 2.05) is 0 Å². The topological polar surface area (TPSA) is 394 Å². The Bertz CT molecular complexity index is 2730. The lowest BCUT2D eigenvalue weighted by molar-refractivity contribution is -0.155. The summed E-state index contributed by atoms with van der Waals surface area (Å²) in [5.41, 5.74) is -2.18. The third-order valence-corrected chi connectivity index (χ3v) is 16.3. The molecule has 526 valence electrons. The van der Waals surface area contributed by atoms with Gasteiger partial charge in [0, 0.05) is 83.0 Å². The molecule has 2 aliphatic heterocycles. The number of benzene rings is 1. The molecular weight excluding hydrogens is 1260 g/mol. The maximum absolute atomic E-state index is 13.5. The summed E-state index contributed by atoms with van der Waals surface area (Å²) >= 11 is 0.958. The molecule has 0 spiro atoms. The second-order valence-corrected chi connectivity index (χ2v) is 23.6. The van der Waals surface area contributed by atoms with Crippen LogP contribution in [-0.4, -0.2) is 260 Å². The van der Waals surface area contributed by atoms with E-state index >= 15 is 0 Å². The highest BCUT2D eigenvalue weighted by molar-refractivity contribution is 8.00. The number of imide groups is 2. The Morgan fingerprint density at radius 2 is 1.05 bits per heavy atom. The van der Waals surface area contributed by atoms with Crippen LogP contribution in [0.5, 0.6) is 0 Å². The highest BCUT2D eigenvalue weighted by atomic mass is 32.2. The third-order valence-electron chi connectivity index (χ3n) is 15.0. The van der Waals surface area contributed by atoms with Crippen molar-refractivity contribution < 1.29 is 116 Å². The number of β-lactam (4-membered cyclic amide) rings is 1. The molecule has 2 unspecified atom stereocenters. The van der Waals surface area contributed by atoms with E-state index in [1.165, 1.54) is 18.7 Å². The van der Waals surface area contributed by atoms with Gasteiger partial charge in [-0.05, 0) is 58.7 Å². The van der Waals surface area contributed by atoms with Crippen LogP contribution in [0.15, 0.2) is 24.3 Å². The zero-order valence-corrected chi connectivity index (χ0v) is 55.7. The van der Waals surface area contributed by atoms with Crippen LogP contribution >= 0.6 is 11.8 Å². The molecule has 1 aromatic rings. The fourth-order valence-electron chi connectivity index (χ4n) is 9.60. The molecule has 0 saturated carbocycles. The maximum atomic E-state index is 13.5. The van der Waals surface area contributed by atoms with Crippen molar-refractivity contribution >= 4 is 105 Å². The molecule has 2 saturated heterocycles. The number of carbonyl (C=O) groups is 15. The molecule has 31 heteroatoms. The summed E-state index contributed by atoms with van der Waals surface area (Å²) < 4.78 is 49.0. The molecule has 0 radical (unpaired) electrons. The Morgan fingerprint density at radius 1 is 0.564 bits per heavy atom. The first kappa shape index (κ1) is 81.3. The average molecular weight is 1350 g/mol. The van der Waals surface area contributed by atoms with Gasteiger partial charge in [-0.3, -0.25) is 81.7 Å². The van der Waals surface area contributed by atoms with Gasteiger partial charge in [0.15, 0.2) is 23.1 Å². The number of thioether (sulfide) groups is 1. The third kappa shape index (κ3) is 28.6. The molecular formula is C63H94N6O24S. The molecule has 0 bridgehead atoms. The van der Waals surface area contributed by atoms with E-state index in [2.05, 4.69) is 21.3 Å². The van der Waals surface area contributed by atoms with Crippen molar-refractivity contribution in [1.29, 1.82) is 0 Å². The molecule has 2 fully saturated rings. The molecule has 3 atom stereocenters. The molecule has 2 heterocycles. The summed E-state index contributed by atoms with van der Waals surface area (Å²) in [6.45, 7) is 10.6. The van der Waals surface area contributed by atoms with Crippen LogP contribution < -0.4 is 21.3 Å². The number of aryl methyl sites for hydroxylation is 1. The quantitative estimate of drug-likeness (QED) is 0.0292. The summed E-state index contributed by atoms with van der Waals surface area (Å²) in [5, 5.41) is 9.60. The van der Waals surface area contributed by atoms with Gasteiger partial charge in [0.05, 0.1) is 117 Å². The SMILES string of the molecule is CC(=O)C(C(=O)CCOCCOCCOCCOCCNC(=O)CCN1C(=O)CC(SC[C@H](NC(=O)COCC(=O)Nc2ccc(CCC(=O)N3CCC3=O)cc2)C(=O)NCCOCCOCCOCCOCCC(=O)C(C(C)=O)(C(C)=O)C(C)=O)C1=O)C(C)(C)C(C)=O.[HH]. The standard InChI is InChI=1S/C63H92N6O24S.H2/c1-42(70)59(62(6,7)43(2)71)50(75)16-22-85-26-30-89-34-36-91-32-28-87-24-18-64-53(77)14-20-69-58(82)38-51(61(69)84)94-41-49(67-55(79)40-93-39-54(78)66-48-11-8-47(9-12-48)10-13-56(80)68-21-15-57(68)81)60(83)65-19-25-88-29-33-92-37-35-90-31-27-86-23-17-52(76)63(44(3)72,45(4)73)46(5)74;/h8-9,11-12,49,51,59H,10,13-41H2,1-7H3,(H,64,77)(H,65,83)(H,66,78)(H,67,79);1H/t49-,51?,59?;/m0./s1. The van der Waals surface area contributed by atoms with Gasteiger partial charge in [-0.15, -0.1) is 11.8 Å². The lowest BCUT2D eigenvalue weighted by Gasteiger charge is -2.29. The number of carbonyl (C=O) groups excluding carboxylic acids is 15. The van der Waals surface area contributed by atoms with Crippen molar-refractivity contribution in [2.45, 2.75) is 105 Å². The monoisotopic (exact) mass is 1350 g/mol. The van der Waals surface area contributed by atoms with Gasteiger partial charge in [0.25, 0.3) is 0 Å². The maximum Gasteiger partial charge on any atom is 0.250 e. The fraction of sp³-hybridized carbons (Fsp3) is 0.667. The van der Waals surface area contributed by atoms with E-state index in [1.54, 1.807) is 38.1 Å². The Morgan fingerprint density at radius 3 is 1.53 bits per heavy atom. The highest BCUT2D eigenvalue weighted by Crippen LogP contribution is 2.31. The van der Waals surface area contributed by atoms with Gasteiger partial charge in [-0.1, -0.05) is 26.0 Å². The normalized spacial score (nSPS) is 14.6. The van der Waals surface area contributed by atoms with Gasteiger partial charge in [-0.25, -0.2) is 0 Å². The number of anilines is 1. The van der Waals surface area contributed by atoms with E-state index in [0.717, 1.165) is 43.0 Å². The van der Waals surface area contributed by atoms with Crippen molar-refractivity contribution in [1.82, 2.24) is 25.8 Å². The van der Waals surface area contributed by atoms with E-state index in [0.29, 0.717) is 25.1 Å². The van der Waals surface area contributed by atoms with Crippen LogP contribution in [-0.2, 0) is 121 Å². The molecule has 30 nitrogen and oxygen atoms in total. The Kier molecular flexibility index (Phi) is 38.0. The number of hydrogen-bond acceptors (Lipinski definition) is 25. The van der Waals surface area contributed by atoms with Crippen LogP contribution in [0.25, 0.3) is 0 Å². The minimum absolute atomic E-state index is 0. The molecule has 94 heavy (non-hydrogen) atoms. The predicted octanol–water partition coefficient (Wildman–Crippen LogP) is 0.172. The van der Waals surface area contributed by atoms with Crippen molar-refractivity contribution in [3.8, 4) is 0 Å². The first-order valence-corrected chi connectivity index (χ1v) is 32.1. The Balaban J connectivity index is 0.0000307. The van der Waals surface area contributed by atoms with Crippen LogP contribution in [0, 0.1) is 16.7 Å². The number of nitrogens with zero attached hydrogens (tertiary/aromatic N) is 2. The van der Waals surface area contributed by atoms with Gasteiger partial charge >= 0.3 is 0 Å². The molecule has 1 aromatic carbocycles. The number of amides is 8. The van der Waals surface area contributed by atoms with Crippen molar-refractivity contribution in [2.75, 3.05) is 156 Å². The number of rotatable bonds is 54. The average Bonchev–Trinajstić information content (AvgIpc) is 1.45.